The highest BCUT2D eigenvalue weighted by molar-refractivity contribution is 6.52. The van der Waals surface area contributed by atoms with Crippen LogP contribution in [0.25, 0.3) is 6.08 Å². The van der Waals surface area contributed by atoms with E-state index in [-0.39, 0.29) is 0 Å². The topological polar surface area (TPSA) is 9.23 Å². The molecule has 1 fully saturated rings. The zero-order valence-corrected chi connectivity index (χ0v) is 10.9. The molecular weight excluding hydrogens is 212 g/mol. The first-order valence-electron chi connectivity index (χ1n) is 6.28. The second-order valence-electron chi connectivity index (χ2n) is 4.41. The van der Waals surface area contributed by atoms with Crippen LogP contribution in [-0.2, 0) is 4.43 Å². The van der Waals surface area contributed by atoms with E-state index in [9.17, 15) is 0 Å². The van der Waals surface area contributed by atoms with Gasteiger partial charge < -0.3 is 4.43 Å². The Labute approximate surface area is 99.9 Å². The van der Waals surface area contributed by atoms with Crippen LogP contribution in [0.4, 0.5) is 0 Å². The van der Waals surface area contributed by atoms with Crippen molar-refractivity contribution in [2.75, 3.05) is 6.61 Å². The first kappa shape index (κ1) is 11.6. The van der Waals surface area contributed by atoms with Gasteiger partial charge in [0.15, 0.2) is 9.04 Å². The van der Waals surface area contributed by atoms with Gasteiger partial charge in [-0.15, -0.1) is 0 Å². The van der Waals surface area contributed by atoms with Gasteiger partial charge in [-0.25, -0.2) is 0 Å². The number of hydrogen-bond acceptors (Lipinski definition) is 1. The molecule has 1 aliphatic heterocycles. The largest absolute Gasteiger partial charge is 0.416 e. The molecule has 0 spiro atoms. The third-order valence-corrected chi connectivity index (χ3v) is 5.86. The lowest BCUT2D eigenvalue weighted by Crippen LogP contribution is -2.20. The highest BCUT2D eigenvalue weighted by Gasteiger charge is 2.14. The number of hydrogen-bond donors (Lipinski definition) is 0. The minimum atomic E-state index is -0.803. The van der Waals surface area contributed by atoms with Crippen molar-refractivity contribution in [2.24, 2.45) is 0 Å². The minimum Gasteiger partial charge on any atom is -0.416 e. The van der Waals surface area contributed by atoms with Gasteiger partial charge in [0.2, 0.25) is 0 Å². The van der Waals surface area contributed by atoms with Gasteiger partial charge in [-0.05, 0) is 17.7 Å². The highest BCUT2D eigenvalue weighted by atomic mass is 28.3. The van der Waals surface area contributed by atoms with Gasteiger partial charge in [-0.1, -0.05) is 61.7 Å². The Balaban J connectivity index is 1.69. The molecule has 0 radical (unpaired) electrons. The summed E-state index contributed by atoms with van der Waals surface area (Å²) in [4.78, 5) is 0. The average molecular weight is 232 g/mol. The number of rotatable bonds is 4. The summed E-state index contributed by atoms with van der Waals surface area (Å²) in [7, 11) is -0.803. The van der Waals surface area contributed by atoms with Gasteiger partial charge in [0.1, 0.15) is 0 Å². The molecule has 0 aliphatic carbocycles. The predicted molar refractivity (Wildman–Crippen MR) is 72.0 cm³/mol. The molecule has 1 saturated heterocycles. The summed E-state index contributed by atoms with van der Waals surface area (Å²) in [5.41, 5.74) is 1.26. The van der Waals surface area contributed by atoms with Gasteiger partial charge in [0.05, 0.1) is 6.61 Å². The first-order chi connectivity index (χ1) is 7.95. The van der Waals surface area contributed by atoms with E-state index in [1.54, 1.807) is 0 Å². The van der Waals surface area contributed by atoms with E-state index < -0.39 is 9.04 Å². The van der Waals surface area contributed by atoms with Crippen molar-refractivity contribution in [3.8, 4) is 0 Å². The van der Waals surface area contributed by atoms with Crippen LogP contribution >= 0.6 is 0 Å². The Morgan fingerprint density at radius 1 is 1.06 bits per heavy atom. The van der Waals surface area contributed by atoms with Crippen molar-refractivity contribution >= 4 is 15.1 Å². The van der Waals surface area contributed by atoms with Crippen LogP contribution in [0.5, 0.6) is 0 Å². The molecule has 1 heterocycles. The third kappa shape index (κ3) is 3.95. The molecule has 0 amide bonds. The molecule has 16 heavy (non-hydrogen) atoms. The molecule has 1 nitrogen and oxygen atoms in total. The van der Waals surface area contributed by atoms with E-state index in [0.29, 0.717) is 0 Å². The molecule has 0 N–H and O–H groups in total. The summed E-state index contributed by atoms with van der Waals surface area (Å²) < 4.78 is 5.96. The van der Waals surface area contributed by atoms with Crippen LogP contribution in [0.2, 0.25) is 12.1 Å². The Bertz CT molecular complexity index is 315. The maximum Gasteiger partial charge on any atom is 0.177 e. The maximum atomic E-state index is 5.96. The van der Waals surface area contributed by atoms with E-state index in [2.05, 4.69) is 36.4 Å². The van der Waals surface area contributed by atoms with Crippen LogP contribution in [-0.4, -0.2) is 15.6 Å². The van der Waals surface area contributed by atoms with Crippen LogP contribution in [0.1, 0.15) is 24.8 Å². The minimum absolute atomic E-state index is 0.803. The van der Waals surface area contributed by atoms with Crippen molar-refractivity contribution in [1.29, 1.82) is 0 Å². The summed E-state index contributed by atoms with van der Waals surface area (Å²) in [5.74, 6) is 0. The lowest BCUT2D eigenvalue weighted by Gasteiger charge is -2.19. The summed E-state index contributed by atoms with van der Waals surface area (Å²) in [5, 5.41) is 0. The fourth-order valence-electron chi connectivity index (χ4n) is 2.17. The van der Waals surface area contributed by atoms with Gasteiger partial charge in [0, 0.05) is 0 Å². The predicted octanol–water partition coefficient (Wildman–Crippen LogP) is 3.62. The zero-order valence-electron chi connectivity index (χ0n) is 9.77. The van der Waals surface area contributed by atoms with Crippen LogP contribution < -0.4 is 0 Å². The van der Waals surface area contributed by atoms with Crippen molar-refractivity contribution in [3.05, 3.63) is 42.0 Å². The van der Waals surface area contributed by atoms with E-state index in [1.165, 1.54) is 36.9 Å². The molecule has 1 aromatic carbocycles. The van der Waals surface area contributed by atoms with Crippen LogP contribution in [0, 0.1) is 0 Å². The lowest BCUT2D eigenvalue weighted by molar-refractivity contribution is 0.356. The Hall–Kier alpha value is -0.863. The maximum absolute atomic E-state index is 5.96. The second-order valence-corrected chi connectivity index (χ2v) is 7.14. The van der Waals surface area contributed by atoms with Gasteiger partial charge in [0.25, 0.3) is 0 Å². The fourth-order valence-corrected chi connectivity index (χ4v) is 4.67. The smallest absolute Gasteiger partial charge is 0.177 e. The average Bonchev–Trinajstić information content (AvgIpc) is 2.37. The summed E-state index contributed by atoms with van der Waals surface area (Å²) in [6.07, 6.45) is 8.53. The lowest BCUT2D eigenvalue weighted by atomic mass is 10.2. The molecule has 0 unspecified atom stereocenters. The zero-order chi connectivity index (χ0) is 11.1. The van der Waals surface area contributed by atoms with Gasteiger partial charge >= 0.3 is 0 Å². The van der Waals surface area contributed by atoms with Crippen molar-refractivity contribution in [3.63, 3.8) is 0 Å². The Morgan fingerprint density at radius 3 is 2.56 bits per heavy atom. The molecule has 1 aliphatic rings. The second kappa shape index (κ2) is 6.66. The van der Waals surface area contributed by atoms with Gasteiger partial charge in [-0.2, -0.15) is 0 Å². The normalized spacial score (nSPS) is 18.0. The molecule has 0 saturated carbocycles. The van der Waals surface area contributed by atoms with Crippen LogP contribution in [0.3, 0.4) is 0 Å². The molecular formula is C14H20OSi. The SMILES string of the molecule is C(=C\c1ccccc1)/CO[SiH]1CCCCC1. The number of benzene rings is 1. The molecule has 2 heteroatoms. The summed E-state index contributed by atoms with van der Waals surface area (Å²) >= 11 is 0. The Morgan fingerprint density at radius 2 is 1.81 bits per heavy atom. The molecule has 86 valence electrons. The molecule has 2 rings (SSSR count). The molecule has 0 atom stereocenters. The summed E-state index contributed by atoms with van der Waals surface area (Å²) in [6.45, 7) is 0.811. The van der Waals surface area contributed by atoms with Gasteiger partial charge in [-0.3, -0.25) is 0 Å². The molecule has 1 aromatic rings. The van der Waals surface area contributed by atoms with Crippen molar-refractivity contribution in [2.45, 2.75) is 31.4 Å². The van der Waals surface area contributed by atoms with E-state index >= 15 is 0 Å². The molecule has 0 aromatic heterocycles. The molecule has 0 bridgehead atoms. The Kier molecular flexibility index (Phi) is 4.84. The first-order valence-corrected chi connectivity index (χ1v) is 8.39. The summed E-state index contributed by atoms with van der Waals surface area (Å²) in [6, 6.07) is 13.2. The van der Waals surface area contributed by atoms with Crippen molar-refractivity contribution < 1.29 is 4.43 Å². The highest BCUT2D eigenvalue weighted by Crippen LogP contribution is 2.19. The van der Waals surface area contributed by atoms with E-state index in [1.807, 2.05) is 6.07 Å². The standard InChI is InChI=1S/C14H20OSi/c1-3-8-14(9-4-1)10-7-11-15-16-12-5-2-6-13-16/h1,3-4,7-10,16H,2,5-6,11-13H2/b10-7+. The monoisotopic (exact) mass is 232 g/mol. The van der Waals surface area contributed by atoms with Crippen LogP contribution in [0.15, 0.2) is 36.4 Å². The van der Waals surface area contributed by atoms with E-state index in [4.69, 9.17) is 4.43 Å². The van der Waals surface area contributed by atoms with E-state index in [0.717, 1.165) is 6.61 Å². The third-order valence-electron chi connectivity index (χ3n) is 3.09. The van der Waals surface area contributed by atoms with Crippen molar-refractivity contribution in [1.82, 2.24) is 0 Å². The quantitative estimate of drug-likeness (QED) is 0.720. The fraction of sp³-hybridized carbons (Fsp3) is 0.429.